The second-order valence-corrected chi connectivity index (χ2v) is 9.66. The average Bonchev–Trinajstić information content (AvgIpc) is 3.37. The molecule has 0 saturated carbocycles. The summed E-state index contributed by atoms with van der Waals surface area (Å²) in [4.78, 5) is 31.5. The number of para-hydroxylation sites is 1. The number of amides is 2. The zero-order valence-electron chi connectivity index (χ0n) is 16.1. The largest absolute Gasteiger partial charge is 0.326 e. The van der Waals surface area contributed by atoms with Gasteiger partial charge in [0.2, 0.25) is 5.91 Å². The summed E-state index contributed by atoms with van der Waals surface area (Å²) < 4.78 is 0.962. The first-order valence-electron chi connectivity index (χ1n) is 9.89. The standard InChI is InChI=1S/C22H22BrN3O2S/c1-2-25-19-6-4-3-5-17(19)22(21(25)28)18(11-16-12-29-13-26(16)22)20(27)24-15-9-7-14(23)8-10-15/h3-10,16,18H,2,11-13H2,1H3,(H,24,27)/t16-,18+,22+/m1/s1. The average molecular weight is 472 g/mol. The van der Waals surface area contributed by atoms with Crippen molar-refractivity contribution < 1.29 is 9.59 Å². The topological polar surface area (TPSA) is 52.7 Å². The highest BCUT2D eigenvalue weighted by Gasteiger charge is 2.67. The molecule has 3 aliphatic rings. The number of rotatable bonds is 3. The fraction of sp³-hybridized carbons (Fsp3) is 0.364. The summed E-state index contributed by atoms with van der Waals surface area (Å²) in [7, 11) is 0. The van der Waals surface area contributed by atoms with Crippen LogP contribution in [0.4, 0.5) is 11.4 Å². The van der Waals surface area contributed by atoms with Gasteiger partial charge < -0.3 is 10.2 Å². The Morgan fingerprint density at radius 3 is 2.76 bits per heavy atom. The number of carbonyl (C=O) groups is 2. The molecule has 1 spiro atoms. The highest BCUT2D eigenvalue weighted by atomic mass is 79.9. The Balaban J connectivity index is 1.59. The number of benzene rings is 2. The van der Waals surface area contributed by atoms with Gasteiger partial charge in [0.05, 0.1) is 5.92 Å². The number of hydrogen-bond donors (Lipinski definition) is 1. The molecule has 3 heterocycles. The molecule has 150 valence electrons. The van der Waals surface area contributed by atoms with Crippen molar-refractivity contribution in [2.24, 2.45) is 5.92 Å². The molecule has 2 aromatic carbocycles. The normalized spacial score (nSPS) is 28.1. The summed E-state index contributed by atoms with van der Waals surface area (Å²) >= 11 is 5.28. The number of carbonyl (C=O) groups excluding carboxylic acids is 2. The Labute approximate surface area is 183 Å². The molecule has 0 aromatic heterocycles. The minimum Gasteiger partial charge on any atom is -0.326 e. The van der Waals surface area contributed by atoms with Gasteiger partial charge in [-0.2, -0.15) is 0 Å². The first-order valence-corrected chi connectivity index (χ1v) is 11.8. The maximum Gasteiger partial charge on any atom is 0.253 e. The molecule has 0 aliphatic carbocycles. The highest BCUT2D eigenvalue weighted by Crippen LogP contribution is 2.57. The van der Waals surface area contributed by atoms with Crippen molar-refractivity contribution in [1.82, 2.24) is 4.90 Å². The number of hydrogen-bond acceptors (Lipinski definition) is 4. The van der Waals surface area contributed by atoms with Crippen LogP contribution < -0.4 is 10.2 Å². The second kappa shape index (κ2) is 7.15. The Bertz CT molecular complexity index is 982. The summed E-state index contributed by atoms with van der Waals surface area (Å²) in [5.41, 5.74) is 1.77. The fourth-order valence-electron chi connectivity index (χ4n) is 5.16. The first-order chi connectivity index (χ1) is 14.1. The predicted octanol–water partition coefficient (Wildman–Crippen LogP) is 4.04. The predicted molar refractivity (Wildman–Crippen MR) is 120 cm³/mol. The highest BCUT2D eigenvalue weighted by molar-refractivity contribution is 9.10. The van der Waals surface area contributed by atoms with Gasteiger partial charge in [-0.25, -0.2) is 0 Å². The Morgan fingerprint density at radius 1 is 1.24 bits per heavy atom. The third-order valence-electron chi connectivity index (χ3n) is 6.37. The fourth-order valence-corrected chi connectivity index (χ4v) is 6.73. The van der Waals surface area contributed by atoms with Crippen LogP contribution in [0.1, 0.15) is 18.9 Å². The van der Waals surface area contributed by atoms with Crippen LogP contribution in [-0.2, 0) is 15.1 Å². The van der Waals surface area contributed by atoms with Gasteiger partial charge in [-0.05, 0) is 43.7 Å². The number of nitrogens with one attached hydrogen (secondary N) is 1. The van der Waals surface area contributed by atoms with Crippen LogP contribution in [0.3, 0.4) is 0 Å². The molecule has 2 fully saturated rings. The Morgan fingerprint density at radius 2 is 2.00 bits per heavy atom. The molecule has 5 nitrogen and oxygen atoms in total. The summed E-state index contributed by atoms with van der Waals surface area (Å²) in [5, 5.41) is 3.07. The van der Waals surface area contributed by atoms with Crippen LogP contribution >= 0.6 is 27.7 Å². The lowest BCUT2D eigenvalue weighted by atomic mass is 9.79. The van der Waals surface area contributed by atoms with Crippen LogP contribution in [0.15, 0.2) is 53.0 Å². The van der Waals surface area contributed by atoms with Crippen molar-refractivity contribution in [2.45, 2.75) is 24.9 Å². The smallest absolute Gasteiger partial charge is 0.253 e. The van der Waals surface area contributed by atoms with Gasteiger partial charge in [-0.1, -0.05) is 34.1 Å². The lowest BCUT2D eigenvalue weighted by molar-refractivity contribution is -0.136. The molecule has 2 aromatic rings. The molecule has 1 N–H and O–H groups in total. The van der Waals surface area contributed by atoms with Crippen molar-refractivity contribution in [3.63, 3.8) is 0 Å². The maximum atomic E-state index is 13.9. The van der Waals surface area contributed by atoms with E-state index >= 15 is 0 Å². The summed E-state index contributed by atoms with van der Waals surface area (Å²) in [6.45, 7) is 2.60. The molecule has 0 unspecified atom stereocenters. The molecular weight excluding hydrogens is 450 g/mol. The lowest BCUT2D eigenvalue weighted by Gasteiger charge is -2.36. The van der Waals surface area contributed by atoms with E-state index in [2.05, 4.69) is 26.1 Å². The number of nitrogens with zero attached hydrogens (tertiary/aromatic N) is 2. The third kappa shape index (κ3) is 2.71. The van der Waals surface area contributed by atoms with Crippen LogP contribution in [0, 0.1) is 5.92 Å². The summed E-state index contributed by atoms with van der Waals surface area (Å²) in [6, 6.07) is 15.8. The number of likely N-dealkylation sites (N-methyl/N-ethyl adjacent to an activating group) is 1. The van der Waals surface area contributed by atoms with Crippen molar-refractivity contribution in [1.29, 1.82) is 0 Å². The van der Waals surface area contributed by atoms with Crippen LogP contribution in [0.5, 0.6) is 0 Å². The molecular formula is C22H22BrN3O2S. The molecule has 5 rings (SSSR count). The van der Waals surface area contributed by atoms with Gasteiger partial charge >= 0.3 is 0 Å². The van der Waals surface area contributed by atoms with Crippen molar-refractivity contribution >= 4 is 50.9 Å². The SMILES string of the molecule is CCN1C(=O)[C@]2(c3ccccc31)[C@H](C(=O)Nc1ccc(Br)cc1)C[C@@H]1CSCN12. The Hall–Kier alpha value is -1.83. The van der Waals surface area contributed by atoms with E-state index in [1.807, 2.05) is 72.1 Å². The lowest BCUT2D eigenvalue weighted by Crippen LogP contribution is -2.55. The van der Waals surface area contributed by atoms with Crippen molar-refractivity contribution in [2.75, 3.05) is 28.4 Å². The maximum absolute atomic E-state index is 13.9. The zero-order valence-corrected chi connectivity index (χ0v) is 18.5. The molecule has 7 heteroatoms. The van der Waals surface area contributed by atoms with Gasteiger partial charge in [-0.15, -0.1) is 11.8 Å². The van der Waals surface area contributed by atoms with Crippen LogP contribution in [0.2, 0.25) is 0 Å². The van der Waals surface area contributed by atoms with E-state index in [9.17, 15) is 9.59 Å². The number of anilines is 2. The van der Waals surface area contributed by atoms with E-state index in [-0.39, 0.29) is 17.9 Å². The zero-order chi connectivity index (χ0) is 20.2. The van der Waals surface area contributed by atoms with Gasteiger partial charge in [0.15, 0.2) is 0 Å². The van der Waals surface area contributed by atoms with Gasteiger partial charge in [0.1, 0.15) is 5.54 Å². The number of halogens is 1. The first kappa shape index (κ1) is 19.2. The summed E-state index contributed by atoms with van der Waals surface area (Å²) in [6.07, 6.45) is 0.701. The van der Waals surface area contributed by atoms with Crippen LogP contribution in [0.25, 0.3) is 0 Å². The van der Waals surface area contributed by atoms with E-state index in [4.69, 9.17) is 0 Å². The van der Waals surface area contributed by atoms with E-state index in [1.165, 1.54) is 0 Å². The summed E-state index contributed by atoms with van der Waals surface area (Å²) in [5.74, 6) is 1.30. The van der Waals surface area contributed by atoms with E-state index in [0.29, 0.717) is 13.0 Å². The van der Waals surface area contributed by atoms with Gasteiger partial charge in [0.25, 0.3) is 5.91 Å². The molecule has 2 saturated heterocycles. The molecule has 0 bridgehead atoms. The van der Waals surface area contributed by atoms with Crippen LogP contribution in [-0.4, -0.2) is 40.9 Å². The molecule has 3 aliphatic heterocycles. The van der Waals surface area contributed by atoms with E-state index in [0.717, 1.165) is 33.0 Å². The Kier molecular flexibility index (Phi) is 4.72. The monoisotopic (exact) mass is 471 g/mol. The van der Waals surface area contributed by atoms with Gasteiger partial charge in [-0.3, -0.25) is 14.5 Å². The van der Waals surface area contributed by atoms with E-state index in [1.54, 1.807) is 0 Å². The van der Waals surface area contributed by atoms with Crippen molar-refractivity contribution in [3.8, 4) is 0 Å². The third-order valence-corrected chi connectivity index (χ3v) is 7.98. The molecule has 0 radical (unpaired) electrons. The molecule has 29 heavy (non-hydrogen) atoms. The number of thioether (sulfide) groups is 1. The number of fused-ring (bicyclic) bond motifs is 4. The second-order valence-electron chi connectivity index (χ2n) is 7.74. The van der Waals surface area contributed by atoms with Crippen molar-refractivity contribution in [3.05, 3.63) is 58.6 Å². The molecule has 3 atom stereocenters. The van der Waals surface area contributed by atoms with E-state index < -0.39 is 11.5 Å². The quantitative estimate of drug-likeness (QED) is 0.733. The minimum absolute atomic E-state index is 0.0437. The molecule has 2 amide bonds. The van der Waals surface area contributed by atoms with Gasteiger partial charge in [0, 0.05) is 45.6 Å². The minimum atomic E-state index is -0.903.